The minimum Gasteiger partial charge on any atom is -0.352 e. The lowest BCUT2D eigenvalue weighted by atomic mass is 9.87. The molecule has 0 bridgehead atoms. The van der Waals surface area contributed by atoms with Crippen LogP contribution in [0.4, 0.5) is 5.69 Å². The first-order valence-corrected chi connectivity index (χ1v) is 15.8. The van der Waals surface area contributed by atoms with Gasteiger partial charge in [0.2, 0.25) is 21.8 Å². The SMILES string of the molecule is CC(C(=O)NC1CCCCC1)N(Cc1cccc(Br)c1)C(=O)CN(c1ccc(C(C)(C)C)cc1)S(C)(=O)=O. The first-order valence-electron chi connectivity index (χ1n) is 13.2. The van der Waals surface area contributed by atoms with E-state index in [-0.39, 0.29) is 23.9 Å². The largest absolute Gasteiger partial charge is 0.352 e. The van der Waals surface area contributed by atoms with Gasteiger partial charge in [-0.05, 0) is 60.6 Å². The molecule has 1 aliphatic carbocycles. The molecule has 0 heterocycles. The topological polar surface area (TPSA) is 86.8 Å². The van der Waals surface area contributed by atoms with Gasteiger partial charge in [0, 0.05) is 17.1 Å². The van der Waals surface area contributed by atoms with Crippen LogP contribution in [0.2, 0.25) is 0 Å². The third-order valence-corrected chi connectivity index (χ3v) is 8.70. The number of hydrogen-bond acceptors (Lipinski definition) is 4. The molecule has 1 fully saturated rings. The monoisotopic (exact) mass is 605 g/mol. The lowest BCUT2D eigenvalue weighted by Crippen LogP contribution is -2.52. The van der Waals surface area contributed by atoms with Crippen LogP contribution in [-0.2, 0) is 31.6 Å². The van der Waals surface area contributed by atoms with Gasteiger partial charge in [0.25, 0.3) is 0 Å². The van der Waals surface area contributed by atoms with Crippen LogP contribution >= 0.6 is 15.9 Å². The molecule has 0 radical (unpaired) electrons. The van der Waals surface area contributed by atoms with Crippen molar-refractivity contribution in [3.05, 3.63) is 64.1 Å². The van der Waals surface area contributed by atoms with Crippen molar-refractivity contribution >= 4 is 43.5 Å². The van der Waals surface area contributed by atoms with Crippen LogP contribution < -0.4 is 9.62 Å². The van der Waals surface area contributed by atoms with E-state index in [0.717, 1.165) is 51.8 Å². The number of carbonyl (C=O) groups excluding carboxylic acids is 2. The molecule has 3 rings (SSSR count). The predicted octanol–water partition coefficient (Wildman–Crippen LogP) is 5.38. The third-order valence-electron chi connectivity index (χ3n) is 7.06. The van der Waals surface area contributed by atoms with Crippen LogP contribution in [0.1, 0.15) is 70.9 Å². The average Bonchev–Trinajstić information content (AvgIpc) is 2.85. The Hall–Kier alpha value is -2.39. The van der Waals surface area contributed by atoms with Crippen LogP contribution in [-0.4, -0.2) is 50.0 Å². The standard InChI is InChI=1S/C29H40BrN3O4S/c1-21(28(35)31-25-12-7-6-8-13-25)32(19-22-10-9-11-24(30)18-22)27(34)20-33(38(5,36)37)26-16-14-23(15-17-26)29(2,3)4/h9-11,14-18,21,25H,6-8,12-13,19-20H2,1-5H3,(H,31,35). The zero-order valence-corrected chi connectivity index (χ0v) is 25.4. The van der Waals surface area contributed by atoms with Gasteiger partial charge in [-0.25, -0.2) is 8.42 Å². The smallest absolute Gasteiger partial charge is 0.244 e. The van der Waals surface area contributed by atoms with Crippen LogP contribution in [0.15, 0.2) is 53.0 Å². The van der Waals surface area contributed by atoms with E-state index >= 15 is 0 Å². The summed E-state index contributed by atoms with van der Waals surface area (Å²) in [5.41, 5.74) is 2.22. The van der Waals surface area contributed by atoms with Crippen molar-refractivity contribution in [2.45, 2.75) is 83.8 Å². The highest BCUT2D eigenvalue weighted by Gasteiger charge is 2.31. The van der Waals surface area contributed by atoms with Gasteiger partial charge >= 0.3 is 0 Å². The fourth-order valence-corrected chi connectivity index (χ4v) is 6.02. The van der Waals surface area contributed by atoms with E-state index in [1.54, 1.807) is 19.1 Å². The van der Waals surface area contributed by atoms with E-state index < -0.39 is 28.5 Å². The Morgan fingerprint density at radius 2 is 1.68 bits per heavy atom. The molecule has 1 aliphatic rings. The molecule has 208 valence electrons. The van der Waals surface area contributed by atoms with Gasteiger partial charge in [-0.2, -0.15) is 0 Å². The zero-order valence-electron chi connectivity index (χ0n) is 23.0. The zero-order chi connectivity index (χ0) is 28.1. The molecular weight excluding hydrogens is 566 g/mol. The Labute approximate surface area is 236 Å². The summed E-state index contributed by atoms with van der Waals surface area (Å²) in [6, 6.07) is 14.1. The fourth-order valence-electron chi connectivity index (χ4n) is 4.72. The quantitative estimate of drug-likeness (QED) is 0.416. The molecule has 0 saturated heterocycles. The molecule has 0 spiro atoms. The second-order valence-electron chi connectivity index (χ2n) is 11.2. The molecule has 0 aliphatic heterocycles. The first kappa shape index (κ1) is 30.2. The molecule has 9 heteroatoms. The van der Waals surface area contributed by atoms with Crippen LogP contribution in [0.5, 0.6) is 0 Å². The number of nitrogens with one attached hydrogen (secondary N) is 1. The summed E-state index contributed by atoms with van der Waals surface area (Å²) in [5, 5.41) is 3.11. The summed E-state index contributed by atoms with van der Waals surface area (Å²) in [6.07, 6.45) is 6.30. The number of nitrogens with zero attached hydrogens (tertiary/aromatic N) is 2. The second kappa shape index (κ2) is 12.6. The first-order chi connectivity index (χ1) is 17.8. The lowest BCUT2D eigenvalue weighted by Gasteiger charge is -2.33. The number of anilines is 1. The molecule has 2 amide bonds. The van der Waals surface area contributed by atoms with Crippen molar-refractivity contribution in [2.24, 2.45) is 0 Å². The molecule has 7 nitrogen and oxygen atoms in total. The van der Waals surface area contributed by atoms with Crippen LogP contribution in [0.3, 0.4) is 0 Å². The highest BCUT2D eigenvalue weighted by atomic mass is 79.9. The summed E-state index contributed by atoms with van der Waals surface area (Å²) >= 11 is 3.47. The van der Waals surface area contributed by atoms with Gasteiger partial charge < -0.3 is 10.2 Å². The van der Waals surface area contributed by atoms with Crippen molar-refractivity contribution in [3.8, 4) is 0 Å². The Balaban J connectivity index is 1.88. The fraction of sp³-hybridized carbons (Fsp3) is 0.517. The van der Waals surface area contributed by atoms with Gasteiger partial charge in [0.05, 0.1) is 11.9 Å². The van der Waals surface area contributed by atoms with Gasteiger partial charge in [-0.1, -0.05) is 80.2 Å². The minimum absolute atomic E-state index is 0.0911. The summed E-state index contributed by atoms with van der Waals surface area (Å²) in [5.74, 6) is -0.665. The average molecular weight is 607 g/mol. The number of amides is 2. The summed E-state index contributed by atoms with van der Waals surface area (Å²) in [4.78, 5) is 28.5. The molecule has 0 aromatic heterocycles. The molecule has 38 heavy (non-hydrogen) atoms. The number of rotatable bonds is 9. The number of carbonyl (C=O) groups is 2. The Morgan fingerprint density at radius 3 is 2.24 bits per heavy atom. The van der Waals surface area contributed by atoms with Crippen molar-refractivity contribution in [3.63, 3.8) is 0 Å². The number of benzene rings is 2. The highest BCUT2D eigenvalue weighted by Crippen LogP contribution is 2.26. The van der Waals surface area contributed by atoms with Crippen molar-refractivity contribution in [1.82, 2.24) is 10.2 Å². The maximum Gasteiger partial charge on any atom is 0.244 e. The van der Waals surface area contributed by atoms with Gasteiger partial charge in [-0.15, -0.1) is 0 Å². The van der Waals surface area contributed by atoms with Crippen molar-refractivity contribution in [2.75, 3.05) is 17.1 Å². The van der Waals surface area contributed by atoms with E-state index in [2.05, 4.69) is 42.0 Å². The summed E-state index contributed by atoms with van der Waals surface area (Å²) < 4.78 is 27.6. The third kappa shape index (κ3) is 8.30. The summed E-state index contributed by atoms with van der Waals surface area (Å²) in [7, 11) is -3.77. The van der Waals surface area contributed by atoms with Crippen molar-refractivity contribution < 1.29 is 18.0 Å². The maximum absolute atomic E-state index is 13.8. The number of halogens is 1. The highest BCUT2D eigenvalue weighted by molar-refractivity contribution is 9.10. The molecule has 1 N–H and O–H groups in total. The molecule has 1 unspecified atom stereocenters. The molecular formula is C29H40BrN3O4S. The van der Waals surface area contributed by atoms with Crippen LogP contribution in [0, 0.1) is 0 Å². The predicted molar refractivity (Wildman–Crippen MR) is 157 cm³/mol. The Kier molecular flexibility index (Phi) is 10.0. The molecule has 2 aromatic rings. The van der Waals surface area contributed by atoms with E-state index in [1.165, 1.54) is 11.3 Å². The minimum atomic E-state index is -3.77. The molecule has 1 saturated carbocycles. The van der Waals surface area contributed by atoms with Crippen molar-refractivity contribution in [1.29, 1.82) is 0 Å². The van der Waals surface area contributed by atoms with E-state index in [9.17, 15) is 18.0 Å². The van der Waals surface area contributed by atoms with E-state index in [4.69, 9.17) is 0 Å². The second-order valence-corrected chi connectivity index (χ2v) is 14.1. The maximum atomic E-state index is 13.8. The van der Waals surface area contributed by atoms with Gasteiger partial charge in [-0.3, -0.25) is 13.9 Å². The number of hydrogen-bond donors (Lipinski definition) is 1. The van der Waals surface area contributed by atoms with Crippen LogP contribution in [0.25, 0.3) is 0 Å². The van der Waals surface area contributed by atoms with E-state index in [1.807, 2.05) is 36.4 Å². The number of sulfonamides is 1. The Morgan fingerprint density at radius 1 is 1.05 bits per heavy atom. The lowest BCUT2D eigenvalue weighted by molar-refractivity contribution is -0.139. The van der Waals surface area contributed by atoms with Gasteiger partial charge in [0.15, 0.2) is 0 Å². The Bertz CT molecular complexity index is 1220. The van der Waals surface area contributed by atoms with E-state index in [0.29, 0.717) is 5.69 Å². The molecule has 2 aromatic carbocycles. The normalized spacial score (nSPS) is 15.5. The van der Waals surface area contributed by atoms with Gasteiger partial charge in [0.1, 0.15) is 12.6 Å². The summed E-state index contributed by atoms with van der Waals surface area (Å²) in [6.45, 7) is 7.73. The molecule has 1 atom stereocenters.